The van der Waals surface area contributed by atoms with E-state index in [9.17, 15) is 5.11 Å². The molecule has 0 spiro atoms. The molecule has 1 aromatic carbocycles. The molecule has 0 fully saturated rings. The molecule has 0 saturated carbocycles. The van der Waals surface area contributed by atoms with E-state index < -0.39 is 0 Å². The fourth-order valence-corrected chi connectivity index (χ4v) is 1.01. The van der Waals surface area contributed by atoms with E-state index in [1.165, 1.54) is 5.54 Å². The van der Waals surface area contributed by atoms with Crippen LogP contribution in [0.15, 0.2) is 29.8 Å². The highest BCUT2D eigenvalue weighted by atomic mass is 35.5. The summed E-state index contributed by atoms with van der Waals surface area (Å²) in [6.07, 6.45) is 0. The maximum absolute atomic E-state index is 9.23. The van der Waals surface area contributed by atoms with Crippen molar-refractivity contribution < 1.29 is 5.11 Å². The Hall–Kier alpha value is -0.660. The maximum atomic E-state index is 9.23. The zero-order valence-corrected chi connectivity index (χ0v) is 7.10. The molecule has 0 aliphatic heterocycles. The molecule has 0 radical (unpaired) electrons. The molecule has 0 unspecified atom stereocenters. The van der Waals surface area contributed by atoms with Crippen molar-refractivity contribution in [3.05, 3.63) is 35.4 Å². The van der Waals surface area contributed by atoms with Crippen molar-refractivity contribution in [2.24, 2.45) is 0 Å². The Kier molecular flexibility index (Phi) is 2.80. The Morgan fingerprint density at radius 2 is 2.00 bits per heavy atom. The lowest BCUT2D eigenvalue weighted by Crippen LogP contribution is -1.75. The van der Waals surface area contributed by atoms with Gasteiger partial charge in [-0.05, 0) is 12.1 Å². The highest BCUT2D eigenvalue weighted by Crippen LogP contribution is 2.27. The number of benzene rings is 1. The minimum Gasteiger partial charge on any atom is -0.507 e. The lowest BCUT2D eigenvalue weighted by molar-refractivity contribution is 0.474. The van der Waals surface area contributed by atoms with Crippen molar-refractivity contribution in [1.29, 1.82) is 0 Å². The van der Waals surface area contributed by atoms with Gasteiger partial charge in [-0.2, -0.15) is 0 Å². The summed E-state index contributed by atoms with van der Waals surface area (Å²) in [5.41, 5.74) is 1.76. The molecule has 11 heavy (non-hydrogen) atoms. The van der Waals surface area contributed by atoms with Gasteiger partial charge in [0.25, 0.3) is 0 Å². The third-order valence-corrected chi connectivity index (χ3v) is 1.90. The van der Waals surface area contributed by atoms with Crippen LogP contribution in [0.3, 0.4) is 0 Å². The Morgan fingerprint density at radius 1 is 1.36 bits per heavy atom. The molecule has 1 aromatic rings. The zero-order chi connectivity index (χ0) is 8.27. The van der Waals surface area contributed by atoms with Crippen molar-refractivity contribution in [3.8, 4) is 5.75 Å². The summed E-state index contributed by atoms with van der Waals surface area (Å²) in [5, 5.41) is 9.57. The van der Waals surface area contributed by atoms with E-state index in [0.717, 1.165) is 0 Å². The van der Waals surface area contributed by atoms with Gasteiger partial charge in [0.1, 0.15) is 5.75 Å². The number of phenolic OH excluding ortho intramolecular Hbond substituents is 1. The monoisotopic (exact) mass is 188 g/mol. The van der Waals surface area contributed by atoms with Gasteiger partial charge in [0, 0.05) is 11.1 Å². The van der Waals surface area contributed by atoms with Crippen LogP contribution in [-0.2, 0) is 0 Å². The van der Waals surface area contributed by atoms with Gasteiger partial charge in [0.15, 0.2) is 0 Å². The standard InChI is InChI=1S/C8H6Cl2O/c9-5-7(10)6-3-1-2-4-8(6)11/h1-5,11H/b7-5-. The highest BCUT2D eigenvalue weighted by Gasteiger charge is 2.01. The summed E-state index contributed by atoms with van der Waals surface area (Å²) < 4.78 is 0. The van der Waals surface area contributed by atoms with Gasteiger partial charge < -0.3 is 5.11 Å². The van der Waals surface area contributed by atoms with Crippen LogP contribution >= 0.6 is 23.2 Å². The van der Waals surface area contributed by atoms with Crippen LogP contribution < -0.4 is 0 Å². The second-order valence-electron chi connectivity index (χ2n) is 1.97. The molecule has 0 saturated heterocycles. The van der Waals surface area contributed by atoms with Gasteiger partial charge in [-0.25, -0.2) is 0 Å². The Morgan fingerprint density at radius 3 is 2.55 bits per heavy atom. The van der Waals surface area contributed by atoms with Gasteiger partial charge in [-0.3, -0.25) is 0 Å². The fourth-order valence-electron chi connectivity index (χ4n) is 0.734. The van der Waals surface area contributed by atoms with Crippen LogP contribution in [0, 0.1) is 0 Å². The van der Waals surface area contributed by atoms with E-state index in [1.54, 1.807) is 24.3 Å². The molecule has 1 N–H and O–H groups in total. The Bertz CT molecular complexity index is 281. The van der Waals surface area contributed by atoms with Gasteiger partial charge in [-0.1, -0.05) is 35.3 Å². The van der Waals surface area contributed by atoms with E-state index in [-0.39, 0.29) is 5.75 Å². The van der Waals surface area contributed by atoms with Crippen LogP contribution in [0.1, 0.15) is 5.56 Å². The van der Waals surface area contributed by atoms with Crippen LogP contribution in [0.25, 0.3) is 5.03 Å². The molecule has 0 atom stereocenters. The average molecular weight is 189 g/mol. The van der Waals surface area contributed by atoms with Crippen molar-refractivity contribution in [2.45, 2.75) is 0 Å². The molecule has 1 rings (SSSR count). The first-order valence-electron chi connectivity index (χ1n) is 3.00. The number of hydrogen-bond donors (Lipinski definition) is 1. The minimum atomic E-state index is 0.134. The predicted octanol–water partition coefficient (Wildman–Crippen LogP) is 3.17. The summed E-state index contributed by atoms with van der Waals surface area (Å²) in [6, 6.07) is 6.74. The topological polar surface area (TPSA) is 20.2 Å². The molecular weight excluding hydrogens is 183 g/mol. The second-order valence-corrected chi connectivity index (χ2v) is 2.60. The number of aromatic hydroxyl groups is 1. The first-order valence-corrected chi connectivity index (χ1v) is 3.81. The number of rotatable bonds is 1. The molecule has 0 aliphatic carbocycles. The van der Waals surface area contributed by atoms with Crippen molar-refractivity contribution >= 4 is 28.2 Å². The summed E-state index contributed by atoms with van der Waals surface area (Å²) in [5.74, 6) is 0.134. The van der Waals surface area contributed by atoms with E-state index in [2.05, 4.69) is 0 Å². The third kappa shape index (κ3) is 1.88. The quantitative estimate of drug-likeness (QED) is 0.719. The number of phenols is 1. The second kappa shape index (κ2) is 3.65. The van der Waals surface area contributed by atoms with Crippen molar-refractivity contribution in [2.75, 3.05) is 0 Å². The third-order valence-electron chi connectivity index (χ3n) is 1.26. The van der Waals surface area contributed by atoms with Crippen LogP contribution in [0.4, 0.5) is 0 Å². The molecule has 0 amide bonds. The van der Waals surface area contributed by atoms with E-state index in [0.29, 0.717) is 10.6 Å². The van der Waals surface area contributed by atoms with Crippen molar-refractivity contribution in [3.63, 3.8) is 0 Å². The SMILES string of the molecule is Oc1ccccc1/C(Cl)=C/Cl. The van der Waals surface area contributed by atoms with Gasteiger partial charge in [0.05, 0.1) is 5.03 Å². The number of halogens is 2. The van der Waals surface area contributed by atoms with Gasteiger partial charge >= 0.3 is 0 Å². The molecular formula is C8H6Cl2O. The number of para-hydroxylation sites is 1. The van der Waals surface area contributed by atoms with Crippen LogP contribution in [0.2, 0.25) is 0 Å². The minimum absolute atomic E-state index is 0.134. The van der Waals surface area contributed by atoms with E-state index in [1.807, 2.05) is 0 Å². The Balaban J connectivity index is 3.14. The smallest absolute Gasteiger partial charge is 0.124 e. The fraction of sp³-hybridized carbons (Fsp3) is 0. The largest absolute Gasteiger partial charge is 0.507 e. The average Bonchev–Trinajstić information content (AvgIpc) is 2.04. The van der Waals surface area contributed by atoms with Crippen LogP contribution in [-0.4, -0.2) is 5.11 Å². The molecule has 58 valence electrons. The lowest BCUT2D eigenvalue weighted by Gasteiger charge is -1.99. The first kappa shape index (κ1) is 8.44. The predicted molar refractivity (Wildman–Crippen MR) is 47.8 cm³/mol. The summed E-state index contributed by atoms with van der Waals surface area (Å²) in [4.78, 5) is 0. The van der Waals surface area contributed by atoms with E-state index in [4.69, 9.17) is 23.2 Å². The summed E-state index contributed by atoms with van der Waals surface area (Å²) in [6.45, 7) is 0. The first-order chi connectivity index (χ1) is 5.25. The van der Waals surface area contributed by atoms with Crippen LogP contribution in [0.5, 0.6) is 5.75 Å². The molecule has 1 nitrogen and oxygen atoms in total. The number of hydrogen-bond acceptors (Lipinski definition) is 1. The molecule has 0 bridgehead atoms. The molecule has 0 aliphatic rings. The van der Waals surface area contributed by atoms with Gasteiger partial charge in [-0.15, -0.1) is 0 Å². The zero-order valence-electron chi connectivity index (χ0n) is 5.59. The maximum Gasteiger partial charge on any atom is 0.124 e. The summed E-state index contributed by atoms with van der Waals surface area (Å²) in [7, 11) is 0. The molecule has 3 heteroatoms. The molecule has 0 heterocycles. The lowest BCUT2D eigenvalue weighted by atomic mass is 10.2. The van der Waals surface area contributed by atoms with E-state index >= 15 is 0 Å². The van der Waals surface area contributed by atoms with Gasteiger partial charge in [0.2, 0.25) is 0 Å². The molecule has 0 aromatic heterocycles. The summed E-state index contributed by atoms with van der Waals surface area (Å²) >= 11 is 11.0. The van der Waals surface area contributed by atoms with Crippen molar-refractivity contribution in [1.82, 2.24) is 0 Å². The normalized spacial score (nSPS) is 11.6. The highest BCUT2D eigenvalue weighted by molar-refractivity contribution is 6.53. The Labute approximate surface area is 74.9 Å².